The zero-order valence-electron chi connectivity index (χ0n) is 14.3. The van der Waals surface area contributed by atoms with Crippen LogP contribution in [0.3, 0.4) is 0 Å². The average Bonchev–Trinajstić information content (AvgIpc) is 3.09. The van der Waals surface area contributed by atoms with Crippen molar-refractivity contribution in [3.63, 3.8) is 0 Å². The van der Waals surface area contributed by atoms with E-state index in [0.29, 0.717) is 27.4 Å². The van der Waals surface area contributed by atoms with Crippen molar-refractivity contribution in [3.8, 4) is 16.6 Å². The summed E-state index contributed by atoms with van der Waals surface area (Å²) in [6.45, 7) is 0. The minimum Gasteiger partial charge on any atom is -0.240 e. The Morgan fingerprint density at radius 2 is 1.71 bits per heavy atom. The Bertz CT molecular complexity index is 1130. The molecule has 0 aliphatic heterocycles. The van der Waals surface area contributed by atoms with Crippen molar-refractivity contribution in [2.24, 2.45) is 0 Å². The van der Waals surface area contributed by atoms with Gasteiger partial charge in [0.25, 0.3) is 0 Å². The van der Waals surface area contributed by atoms with Crippen LogP contribution in [0.25, 0.3) is 10.6 Å². The maximum atomic E-state index is 12.6. The fraction of sp³-hybridized carbons (Fsp3) is 0.158. The third-order valence-electron chi connectivity index (χ3n) is 3.89. The highest BCUT2D eigenvalue weighted by Crippen LogP contribution is 2.32. The number of hydrogen-bond acceptors (Lipinski definition) is 5. The standard InChI is InChI=1S/C19H13F3N2O2S2/c20-19(21,22)16-7-5-13(6-8-16)18-24-17(10-27-18)12-28(25,26)11-15-4-2-1-3-14(15)9-23/h1-8,10H,11-12H2. The van der Waals surface area contributed by atoms with Crippen molar-refractivity contribution >= 4 is 21.2 Å². The molecule has 9 heteroatoms. The molecule has 0 N–H and O–H groups in total. The van der Waals surface area contributed by atoms with Crippen LogP contribution >= 0.6 is 11.3 Å². The Labute approximate surface area is 163 Å². The molecular weight excluding hydrogens is 409 g/mol. The van der Waals surface area contributed by atoms with E-state index in [1.54, 1.807) is 29.6 Å². The monoisotopic (exact) mass is 422 g/mol. The maximum absolute atomic E-state index is 12.6. The van der Waals surface area contributed by atoms with E-state index in [2.05, 4.69) is 4.98 Å². The van der Waals surface area contributed by atoms with Gasteiger partial charge in [0.1, 0.15) is 5.01 Å². The van der Waals surface area contributed by atoms with Gasteiger partial charge in [-0.25, -0.2) is 13.4 Å². The second-order valence-corrected chi connectivity index (χ2v) is 8.94. The van der Waals surface area contributed by atoms with E-state index >= 15 is 0 Å². The summed E-state index contributed by atoms with van der Waals surface area (Å²) < 4.78 is 62.9. The number of sulfone groups is 1. The Balaban J connectivity index is 1.76. The lowest BCUT2D eigenvalue weighted by molar-refractivity contribution is -0.137. The van der Waals surface area contributed by atoms with Crippen LogP contribution in [0.1, 0.15) is 22.4 Å². The topological polar surface area (TPSA) is 70.8 Å². The summed E-state index contributed by atoms with van der Waals surface area (Å²) in [5, 5.41) is 11.1. The molecule has 1 heterocycles. The molecule has 0 atom stereocenters. The largest absolute Gasteiger partial charge is 0.416 e. The van der Waals surface area contributed by atoms with Crippen LogP contribution in [0.4, 0.5) is 13.2 Å². The zero-order chi connectivity index (χ0) is 20.4. The Hall–Kier alpha value is -2.70. The third-order valence-corrected chi connectivity index (χ3v) is 6.32. The molecule has 0 unspecified atom stereocenters. The van der Waals surface area contributed by atoms with Crippen LogP contribution < -0.4 is 0 Å². The molecule has 0 aliphatic rings. The lowest BCUT2D eigenvalue weighted by atomic mass is 10.1. The number of thiazole rings is 1. The van der Waals surface area contributed by atoms with E-state index in [0.717, 1.165) is 23.5 Å². The number of halogens is 3. The lowest BCUT2D eigenvalue weighted by Gasteiger charge is -2.06. The van der Waals surface area contributed by atoms with Gasteiger partial charge < -0.3 is 0 Å². The van der Waals surface area contributed by atoms with Crippen LogP contribution in [0, 0.1) is 11.3 Å². The van der Waals surface area contributed by atoms with Crippen molar-refractivity contribution in [3.05, 3.63) is 76.3 Å². The molecular formula is C19H13F3N2O2S2. The molecule has 1 aromatic heterocycles. The number of aromatic nitrogens is 1. The normalized spacial score (nSPS) is 11.9. The summed E-state index contributed by atoms with van der Waals surface area (Å²) in [6, 6.07) is 13.0. The summed E-state index contributed by atoms with van der Waals surface area (Å²) in [4.78, 5) is 4.23. The molecule has 3 aromatic rings. The molecule has 3 rings (SSSR count). The first kappa shape index (κ1) is 20.0. The van der Waals surface area contributed by atoms with Gasteiger partial charge in [-0.05, 0) is 23.8 Å². The van der Waals surface area contributed by atoms with Crippen molar-refractivity contribution in [2.45, 2.75) is 17.7 Å². The fourth-order valence-electron chi connectivity index (χ4n) is 2.58. The Kier molecular flexibility index (Phi) is 5.54. The minimum absolute atomic E-state index is 0.288. The number of nitrogens with zero attached hydrogens (tertiary/aromatic N) is 2. The van der Waals surface area contributed by atoms with Gasteiger partial charge in [-0.2, -0.15) is 18.4 Å². The number of benzene rings is 2. The number of nitriles is 1. The van der Waals surface area contributed by atoms with Crippen molar-refractivity contribution in [1.82, 2.24) is 4.98 Å². The van der Waals surface area contributed by atoms with Gasteiger partial charge in [-0.1, -0.05) is 30.3 Å². The second kappa shape index (κ2) is 7.73. The van der Waals surface area contributed by atoms with E-state index in [9.17, 15) is 21.6 Å². The number of hydrogen-bond donors (Lipinski definition) is 0. The molecule has 28 heavy (non-hydrogen) atoms. The van der Waals surface area contributed by atoms with Crippen LogP contribution in [0.15, 0.2) is 53.9 Å². The first-order chi connectivity index (χ1) is 13.2. The van der Waals surface area contributed by atoms with Crippen LogP contribution in [-0.2, 0) is 27.5 Å². The first-order valence-corrected chi connectivity index (χ1v) is 10.7. The molecule has 0 spiro atoms. The van der Waals surface area contributed by atoms with Crippen LogP contribution in [0.2, 0.25) is 0 Å². The van der Waals surface area contributed by atoms with E-state index in [4.69, 9.17) is 5.26 Å². The van der Waals surface area contributed by atoms with Gasteiger partial charge in [0.2, 0.25) is 0 Å². The predicted molar refractivity (Wildman–Crippen MR) is 100 cm³/mol. The fourth-order valence-corrected chi connectivity index (χ4v) is 4.93. The maximum Gasteiger partial charge on any atom is 0.416 e. The SMILES string of the molecule is N#Cc1ccccc1CS(=O)(=O)Cc1csc(-c2ccc(C(F)(F)F)cc2)n1. The second-order valence-electron chi connectivity index (χ2n) is 6.02. The third kappa shape index (κ3) is 4.77. The van der Waals surface area contributed by atoms with Gasteiger partial charge in [0.15, 0.2) is 9.84 Å². The zero-order valence-corrected chi connectivity index (χ0v) is 15.9. The highest BCUT2D eigenvalue weighted by Gasteiger charge is 2.30. The van der Waals surface area contributed by atoms with Gasteiger partial charge >= 0.3 is 6.18 Å². The minimum atomic E-state index is -4.42. The molecule has 0 saturated carbocycles. The molecule has 144 valence electrons. The van der Waals surface area contributed by atoms with Crippen molar-refractivity contribution in [2.75, 3.05) is 0 Å². The molecule has 0 saturated heterocycles. The van der Waals surface area contributed by atoms with Gasteiger partial charge in [-0.15, -0.1) is 11.3 Å². The average molecular weight is 422 g/mol. The molecule has 0 aliphatic carbocycles. The summed E-state index contributed by atoms with van der Waals surface area (Å²) in [5.74, 6) is -0.603. The number of rotatable bonds is 5. The Morgan fingerprint density at radius 1 is 1.04 bits per heavy atom. The van der Waals surface area contributed by atoms with Gasteiger partial charge in [0, 0.05) is 10.9 Å². The lowest BCUT2D eigenvalue weighted by Crippen LogP contribution is -2.09. The van der Waals surface area contributed by atoms with Crippen LogP contribution in [0.5, 0.6) is 0 Å². The van der Waals surface area contributed by atoms with E-state index in [1.165, 1.54) is 12.1 Å². The van der Waals surface area contributed by atoms with Crippen molar-refractivity contribution in [1.29, 1.82) is 5.26 Å². The molecule has 0 amide bonds. The summed E-state index contributed by atoms with van der Waals surface area (Å²) in [7, 11) is -3.57. The molecule has 4 nitrogen and oxygen atoms in total. The highest BCUT2D eigenvalue weighted by molar-refractivity contribution is 7.89. The highest BCUT2D eigenvalue weighted by atomic mass is 32.2. The predicted octanol–water partition coefficient (Wildman–Crippen LogP) is 4.82. The van der Waals surface area contributed by atoms with E-state index < -0.39 is 21.6 Å². The Morgan fingerprint density at radius 3 is 2.36 bits per heavy atom. The van der Waals surface area contributed by atoms with Gasteiger partial charge in [0.05, 0.1) is 34.4 Å². The molecule has 0 fully saturated rings. The van der Waals surface area contributed by atoms with Gasteiger partial charge in [-0.3, -0.25) is 0 Å². The first-order valence-electron chi connectivity index (χ1n) is 7.98. The van der Waals surface area contributed by atoms with E-state index in [-0.39, 0.29) is 11.5 Å². The van der Waals surface area contributed by atoms with Crippen molar-refractivity contribution < 1.29 is 21.6 Å². The summed E-state index contributed by atoms with van der Waals surface area (Å²) >= 11 is 1.16. The number of alkyl halides is 3. The summed E-state index contributed by atoms with van der Waals surface area (Å²) in [6.07, 6.45) is -4.42. The molecule has 0 bridgehead atoms. The smallest absolute Gasteiger partial charge is 0.240 e. The quantitative estimate of drug-likeness (QED) is 0.591. The van der Waals surface area contributed by atoms with Crippen LogP contribution in [-0.4, -0.2) is 13.4 Å². The summed E-state index contributed by atoms with van der Waals surface area (Å²) in [5.41, 5.74) is 0.760. The molecule has 0 radical (unpaired) electrons. The molecule has 2 aromatic carbocycles. The van der Waals surface area contributed by atoms with E-state index in [1.807, 2.05) is 6.07 Å².